The molecular weight excluding hydrogens is 470 g/mol. The molecule has 1 aliphatic heterocycles. The number of ether oxygens (including phenoxy) is 2. The molecule has 11 heteroatoms. The summed E-state index contributed by atoms with van der Waals surface area (Å²) < 4.78 is 11.9. The van der Waals surface area contributed by atoms with Crippen LogP contribution in [0.1, 0.15) is 37.5 Å². The van der Waals surface area contributed by atoms with Crippen molar-refractivity contribution >= 4 is 40.0 Å². The van der Waals surface area contributed by atoms with Crippen molar-refractivity contribution in [1.29, 1.82) is 0 Å². The van der Waals surface area contributed by atoms with Crippen molar-refractivity contribution in [3.63, 3.8) is 0 Å². The normalized spacial score (nSPS) is 12.9. The van der Waals surface area contributed by atoms with E-state index in [4.69, 9.17) is 9.47 Å². The summed E-state index contributed by atoms with van der Waals surface area (Å²) in [4.78, 5) is 44.4. The van der Waals surface area contributed by atoms with Crippen molar-refractivity contribution in [1.82, 2.24) is 19.5 Å². The molecule has 178 valence electrons. The second kappa shape index (κ2) is 9.28. The van der Waals surface area contributed by atoms with Gasteiger partial charge in [-0.3, -0.25) is 24.6 Å². The molecule has 35 heavy (non-hydrogen) atoms. The minimum atomic E-state index is -0.480. The molecule has 0 saturated heterocycles. The lowest BCUT2D eigenvalue weighted by atomic mass is 10.1. The van der Waals surface area contributed by atoms with Gasteiger partial charge in [0, 0.05) is 36.8 Å². The van der Waals surface area contributed by atoms with E-state index >= 15 is 0 Å². The van der Waals surface area contributed by atoms with Crippen LogP contribution in [0.2, 0.25) is 0 Å². The van der Waals surface area contributed by atoms with E-state index in [0.29, 0.717) is 18.0 Å². The van der Waals surface area contributed by atoms with Crippen LogP contribution in [0.4, 0.5) is 5.95 Å². The standard InChI is InChI=1S/C24H21N5O5S/c1-33-10-4-9-28-21(31)17-8-7-15(12-18(17)22(28)32)20(30)25-23-26-24-29(27-23)19(13-35-24)14-5-3-6-16(11-14)34-2/h3,5-8,11-13H,4,9-10H2,1-2H3,(H,25,27,30). The highest BCUT2D eigenvalue weighted by molar-refractivity contribution is 7.15. The highest BCUT2D eigenvalue weighted by Crippen LogP contribution is 2.29. The van der Waals surface area contributed by atoms with Crippen LogP contribution in [-0.2, 0) is 4.74 Å². The Balaban J connectivity index is 1.35. The quantitative estimate of drug-likeness (QED) is 0.297. The van der Waals surface area contributed by atoms with Gasteiger partial charge in [-0.1, -0.05) is 12.1 Å². The van der Waals surface area contributed by atoms with Crippen LogP contribution in [0, 0.1) is 0 Å². The molecule has 1 aliphatic rings. The zero-order valence-electron chi connectivity index (χ0n) is 19.0. The Kier molecular flexibility index (Phi) is 6.01. The molecule has 1 N–H and O–H groups in total. The summed E-state index contributed by atoms with van der Waals surface area (Å²) in [5, 5.41) is 9.03. The van der Waals surface area contributed by atoms with E-state index < -0.39 is 11.8 Å². The summed E-state index contributed by atoms with van der Waals surface area (Å²) in [6, 6.07) is 12.0. The van der Waals surface area contributed by atoms with Crippen molar-refractivity contribution in [3.05, 3.63) is 64.5 Å². The van der Waals surface area contributed by atoms with Gasteiger partial charge in [-0.25, -0.2) is 4.52 Å². The molecule has 3 heterocycles. The lowest BCUT2D eigenvalue weighted by Gasteiger charge is -2.12. The summed E-state index contributed by atoms with van der Waals surface area (Å²) >= 11 is 1.39. The number of aromatic nitrogens is 3. The predicted molar refractivity (Wildman–Crippen MR) is 129 cm³/mol. The SMILES string of the molecule is COCCCN1C(=O)c2ccc(C(=O)Nc3nc4scc(-c5cccc(OC)c5)n4n3)cc2C1=O. The minimum absolute atomic E-state index is 0.134. The number of nitrogens with one attached hydrogen (secondary N) is 1. The number of amides is 3. The first-order chi connectivity index (χ1) is 17.0. The Bertz CT molecular complexity index is 1460. The molecule has 0 spiro atoms. The van der Waals surface area contributed by atoms with E-state index in [1.807, 2.05) is 29.6 Å². The lowest BCUT2D eigenvalue weighted by molar-refractivity contribution is 0.0638. The summed E-state index contributed by atoms with van der Waals surface area (Å²) in [5.41, 5.74) is 2.43. The van der Waals surface area contributed by atoms with Gasteiger partial charge in [0.2, 0.25) is 4.96 Å². The van der Waals surface area contributed by atoms with Gasteiger partial charge in [-0.2, -0.15) is 4.98 Å². The van der Waals surface area contributed by atoms with E-state index in [-0.39, 0.29) is 35.1 Å². The number of thiazole rings is 1. The number of fused-ring (bicyclic) bond motifs is 2. The average molecular weight is 492 g/mol. The Morgan fingerprint density at radius 1 is 1.09 bits per heavy atom. The highest BCUT2D eigenvalue weighted by Gasteiger charge is 2.35. The topological polar surface area (TPSA) is 115 Å². The maximum Gasteiger partial charge on any atom is 0.261 e. The Morgan fingerprint density at radius 3 is 2.71 bits per heavy atom. The fourth-order valence-corrected chi connectivity index (χ4v) is 4.72. The third kappa shape index (κ3) is 4.15. The van der Waals surface area contributed by atoms with Gasteiger partial charge in [0.05, 0.1) is 23.9 Å². The van der Waals surface area contributed by atoms with Gasteiger partial charge >= 0.3 is 0 Å². The van der Waals surface area contributed by atoms with Crippen LogP contribution in [0.25, 0.3) is 16.2 Å². The van der Waals surface area contributed by atoms with Crippen molar-refractivity contribution < 1.29 is 23.9 Å². The first-order valence-electron chi connectivity index (χ1n) is 10.8. The van der Waals surface area contributed by atoms with Crippen molar-refractivity contribution in [2.75, 3.05) is 32.7 Å². The van der Waals surface area contributed by atoms with E-state index in [0.717, 1.165) is 17.0 Å². The van der Waals surface area contributed by atoms with Crippen LogP contribution >= 0.6 is 11.3 Å². The van der Waals surface area contributed by atoms with Gasteiger partial charge in [0.1, 0.15) is 5.75 Å². The van der Waals surface area contributed by atoms with Gasteiger partial charge in [0.15, 0.2) is 0 Å². The van der Waals surface area contributed by atoms with Crippen molar-refractivity contribution in [3.8, 4) is 17.0 Å². The van der Waals surface area contributed by atoms with Crippen LogP contribution < -0.4 is 10.1 Å². The zero-order valence-corrected chi connectivity index (χ0v) is 19.8. The maximum atomic E-state index is 12.9. The van der Waals surface area contributed by atoms with Gasteiger partial charge in [-0.05, 0) is 36.8 Å². The molecular formula is C24H21N5O5S. The second-order valence-electron chi connectivity index (χ2n) is 7.81. The molecule has 0 fully saturated rings. The van der Waals surface area contributed by atoms with Gasteiger partial charge in [-0.15, -0.1) is 16.4 Å². The molecule has 0 atom stereocenters. The van der Waals surface area contributed by atoms with E-state index in [2.05, 4.69) is 15.4 Å². The number of carbonyl (C=O) groups excluding carboxylic acids is 3. The smallest absolute Gasteiger partial charge is 0.261 e. The monoisotopic (exact) mass is 491 g/mol. The number of imide groups is 1. The van der Waals surface area contributed by atoms with E-state index in [1.165, 1.54) is 34.4 Å². The number of carbonyl (C=O) groups is 3. The Labute approximate surface area is 204 Å². The molecule has 0 saturated carbocycles. The molecule has 0 unspecified atom stereocenters. The van der Waals surface area contributed by atoms with Crippen LogP contribution in [0.3, 0.4) is 0 Å². The fraction of sp³-hybridized carbons (Fsp3) is 0.208. The molecule has 4 aromatic rings. The van der Waals surface area contributed by atoms with Crippen LogP contribution in [0.5, 0.6) is 5.75 Å². The fourth-order valence-electron chi connectivity index (χ4n) is 3.89. The average Bonchev–Trinajstić information content (AvgIpc) is 3.52. The number of nitrogens with zero attached hydrogens (tertiary/aromatic N) is 4. The summed E-state index contributed by atoms with van der Waals surface area (Å²) in [6.07, 6.45) is 0.538. The number of methoxy groups -OCH3 is 2. The third-order valence-electron chi connectivity index (χ3n) is 5.64. The van der Waals surface area contributed by atoms with Crippen molar-refractivity contribution in [2.45, 2.75) is 6.42 Å². The summed E-state index contributed by atoms with van der Waals surface area (Å²) in [7, 11) is 3.16. The molecule has 3 amide bonds. The molecule has 0 radical (unpaired) electrons. The number of benzene rings is 2. The summed E-state index contributed by atoms with van der Waals surface area (Å²) in [5.74, 6) is -0.409. The predicted octanol–water partition coefficient (Wildman–Crippen LogP) is 3.35. The first-order valence-corrected chi connectivity index (χ1v) is 11.7. The number of anilines is 1. The van der Waals surface area contributed by atoms with E-state index in [1.54, 1.807) is 18.7 Å². The van der Waals surface area contributed by atoms with Crippen molar-refractivity contribution in [2.24, 2.45) is 0 Å². The lowest BCUT2D eigenvalue weighted by Crippen LogP contribution is -2.31. The van der Waals surface area contributed by atoms with Gasteiger partial charge < -0.3 is 9.47 Å². The number of hydrogen-bond donors (Lipinski definition) is 1. The van der Waals surface area contributed by atoms with Crippen LogP contribution in [-0.4, -0.2) is 64.6 Å². The number of rotatable bonds is 8. The Morgan fingerprint density at radius 2 is 1.91 bits per heavy atom. The summed E-state index contributed by atoms with van der Waals surface area (Å²) in [6.45, 7) is 0.697. The molecule has 0 aliphatic carbocycles. The second-order valence-corrected chi connectivity index (χ2v) is 8.64. The van der Waals surface area contributed by atoms with E-state index in [9.17, 15) is 14.4 Å². The number of hydrogen-bond acceptors (Lipinski definition) is 8. The molecule has 0 bridgehead atoms. The molecule has 2 aromatic heterocycles. The molecule has 10 nitrogen and oxygen atoms in total. The third-order valence-corrected chi connectivity index (χ3v) is 6.45. The molecule has 2 aromatic carbocycles. The zero-order chi connectivity index (χ0) is 24.5. The largest absolute Gasteiger partial charge is 0.497 e. The van der Waals surface area contributed by atoms with Gasteiger partial charge in [0.25, 0.3) is 23.7 Å². The first kappa shape index (κ1) is 22.7. The maximum absolute atomic E-state index is 12.9. The highest BCUT2D eigenvalue weighted by atomic mass is 32.1. The minimum Gasteiger partial charge on any atom is -0.497 e. The Hall–Kier alpha value is -4.09. The molecule has 5 rings (SSSR count). The van der Waals surface area contributed by atoms with Crippen LogP contribution in [0.15, 0.2) is 47.8 Å².